The van der Waals surface area contributed by atoms with E-state index in [1.807, 2.05) is 46.2 Å². The minimum atomic E-state index is 0. The molecule has 0 radical (unpaired) electrons. The van der Waals surface area contributed by atoms with Crippen molar-refractivity contribution in [2.45, 2.75) is 44.9 Å². The number of benzene rings is 2. The Balaban J connectivity index is 0.00000272. The van der Waals surface area contributed by atoms with Crippen molar-refractivity contribution in [2.24, 2.45) is 5.73 Å². The van der Waals surface area contributed by atoms with Crippen LogP contribution in [-0.4, -0.2) is 30.7 Å². The van der Waals surface area contributed by atoms with Crippen LogP contribution in [0.1, 0.15) is 48.8 Å². The molecule has 0 aromatic heterocycles. The van der Waals surface area contributed by atoms with Crippen molar-refractivity contribution in [3.8, 4) is 0 Å². The molecule has 7 heteroatoms. The average Bonchev–Trinajstić information content (AvgIpc) is 2.77. The first-order valence-electron chi connectivity index (χ1n) is 10.7. The van der Waals surface area contributed by atoms with Gasteiger partial charge in [0.1, 0.15) is 5.84 Å². The second-order valence-electron chi connectivity index (χ2n) is 8.08. The molecule has 0 spiro atoms. The highest BCUT2D eigenvalue weighted by Crippen LogP contribution is 2.32. The smallest absolute Gasteiger partial charge is 0.227 e. The SMILES string of the molecule is Cl.N=C(N)c1ccc(CCC(=O)N2CCCc3cc(N4CCCCC4=O)ccc32)cc1. The third-order valence-electron chi connectivity index (χ3n) is 6.01. The van der Waals surface area contributed by atoms with E-state index < -0.39 is 0 Å². The Morgan fingerprint density at radius 1 is 1.00 bits per heavy atom. The molecule has 2 aromatic carbocycles. The number of nitrogens with zero attached hydrogens (tertiary/aromatic N) is 2. The Kier molecular flexibility index (Phi) is 7.33. The molecular formula is C24H29ClN4O2. The summed E-state index contributed by atoms with van der Waals surface area (Å²) in [6.45, 7) is 1.51. The van der Waals surface area contributed by atoms with Gasteiger partial charge in [0.2, 0.25) is 11.8 Å². The number of fused-ring (bicyclic) bond motifs is 1. The minimum absolute atomic E-state index is 0. The van der Waals surface area contributed by atoms with Crippen molar-refractivity contribution in [2.75, 3.05) is 22.9 Å². The Morgan fingerprint density at radius 2 is 1.77 bits per heavy atom. The molecule has 0 atom stereocenters. The summed E-state index contributed by atoms with van der Waals surface area (Å²) in [7, 11) is 0. The molecule has 0 aliphatic carbocycles. The molecule has 6 nitrogen and oxygen atoms in total. The van der Waals surface area contributed by atoms with Gasteiger partial charge in [-0.1, -0.05) is 24.3 Å². The summed E-state index contributed by atoms with van der Waals surface area (Å²) in [4.78, 5) is 29.0. The van der Waals surface area contributed by atoms with Crippen LogP contribution < -0.4 is 15.5 Å². The molecule has 164 valence electrons. The van der Waals surface area contributed by atoms with E-state index in [0.717, 1.165) is 61.3 Å². The van der Waals surface area contributed by atoms with Gasteiger partial charge in [-0.2, -0.15) is 0 Å². The first-order chi connectivity index (χ1) is 14.5. The van der Waals surface area contributed by atoms with Crippen molar-refractivity contribution in [1.82, 2.24) is 0 Å². The number of rotatable bonds is 5. The van der Waals surface area contributed by atoms with E-state index >= 15 is 0 Å². The van der Waals surface area contributed by atoms with Gasteiger partial charge >= 0.3 is 0 Å². The first-order valence-corrected chi connectivity index (χ1v) is 10.7. The lowest BCUT2D eigenvalue weighted by Gasteiger charge is -2.32. The van der Waals surface area contributed by atoms with Gasteiger partial charge in [-0.15, -0.1) is 12.4 Å². The monoisotopic (exact) mass is 440 g/mol. The van der Waals surface area contributed by atoms with Crippen LogP contribution in [0.25, 0.3) is 0 Å². The number of nitrogens with one attached hydrogen (secondary N) is 1. The molecule has 2 aromatic rings. The normalized spacial score (nSPS) is 15.8. The zero-order valence-electron chi connectivity index (χ0n) is 17.6. The van der Waals surface area contributed by atoms with E-state index in [-0.39, 0.29) is 30.1 Å². The van der Waals surface area contributed by atoms with Crippen molar-refractivity contribution in [3.05, 3.63) is 59.2 Å². The number of anilines is 2. The van der Waals surface area contributed by atoms with Crippen molar-refractivity contribution in [3.63, 3.8) is 0 Å². The van der Waals surface area contributed by atoms with Gasteiger partial charge in [-0.3, -0.25) is 15.0 Å². The Morgan fingerprint density at radius 3 is 2.48 bits per heavy atom. The number of amides is 2. The number of amidine groups is 1. The van der Waals surface area contributed by atoms with Crippen LogP contribution in [0.5, 0.6) is 0 Å². The van der Waals surface area contributed by atoms with Crippen LogP contribution >= 0.6 is 12.4 Å². The highest BCUT2D eigenvalue weighted by atomic mass is 35.5. The molecule has 0 saturated carbocycles. The quantitative estimate of drug-likeness (QED) is 0.547. The third-order valence-corrected chi connectivity index (χ3v) is 6.01. The van der Waals surface area contributed by atoms with Gasteiger partial charge in [0, 0.05) is 42.9 Å². The number of aryl methyl sites for hydroxylation is 2. The lowest BCUT2D eigenvalue weighted by molar-refractivity contribution is -0.120. The van der Waals surface area contributed by atoms with Gasteiger partial charge < -0.3 is 15.5 Å². The van der Waals surface area contributed by atoms with Gasteiger partial charge in [-0.05, 0) is 61.4 Å². The molecule has 0 unspecified atom stereocenters. The van der Waals surface area contributed by atoms with Crippen LogP contribution in [-0.2, 0) is 22.4 Å². The predicted octanol–water partition coefficient (Wildman–Crippen LogP) is 3.82. The Labute approximate surface area is 189 Å². The summed E-state index contributed by atoms with van der Waals surface area (Å²) >= 11 is 0. The number of halogens is 1. The highest BCUT2D eigenvalue weighted by Gasteiger charge is 2.25. The maximum absolute atomic E-state index is 13.0. The maximum atomic E-state index is 13.0. The number of carbonyl (C=O) groups is 2. The largest absolute Gasteiger partial charge is 0.384 e. The Bertz CT molecular complexity index is 974. The molecular weight excluding hydrogens is 412 g/mol. The van der Waals surface area contributed by atoms with Gasteiger partial charge in [0.25, 0.3) is 0 Å². The molecule has 2 aliphatic heterocycles. The van der Waals surface area contributed by atoms with Gasteiger partial charge in [0.15, 0.2) is 0 Å². The standard InChI is InChI=1S/C24H28N4O2.ClH/c25-24(26)18-9-6-17(7-10-18)8-13-23(30)28-15-3-4-19-16-20(11-12-21(19)28)27-14-2-1-5-22(27)29;/h6-7,9-12,16H,1-5,8,13-15H2,(H3,25,26);1H. The highest BCUT2D eigenvalue weighted by molar-refractivity contribution is 5.97. The molecule has 1 saturated heterocycles. The Hall–Kier alpha value is -2.86. The number of nitrogen functional groups attached to an aromatic ring is 1. The maximum Gasteiger partial charge on any atom is 0.227 e. The lowest BCUT2D eigenvalue weighted by Crippen LogP contribution is -2.37. The molecule has 31 heavy (non-hydrogen) atoms. The number of nitrogens with two attached hydrogens (primary N) is 1. The molecule has 2 aliphatic rings. The summed E-state index contributed by atoms with van der Waals surface area (Å²) in [5, 5.41) is 7.47. The molecule has 2 heterocycles. The fourth-order valence-corrected chi connectivity index (χ4v) is 4.33. The van der Waals surface area contributed by atoms with Crippen LogP contribution in [0.3, 0.4) is 0 Å². The second kappa shape index (κ2) is 9.96. The van der Waals surface area contributed by atoms with Crippen LogP contribution in [0.15, 0.2) is 42.5 Å². The second-order valence-corrected chi connectivity index (χ2v) is 8.08. The molecule has 2 amide bonds. The van der Waals surface area contributed by atoms with E-state index in [9.17, 15) is 9.59 Å². The summed E-state index contributed by atoms with van der Waals surface area (Å²) in [6, 6.07) is 13.6. The van der Waals surface area contributed by atoms with Crippen molar-refractivity contribution >= 4 is 41.4 Å². The predicted molar refractivity (Wildman–Crippen MR) is 126 cm³/mol. The van der Waals surface area contributed by atoms with E-state index in [1.165, 1.54) is 0 Å². The molecule has 4 rings (SSSR count). The van der Waals surface area contributed by atoms with Crippen LogP contribution in [0, 0.1) is 5.41 Å². The number of carbonyl (C=O) groups excluding carboxylic acids is 2. The summed E-state index contributed by atoms with van der Waals surface area (Å²) in [5.41, 5.74) is 10.3. The van der Waals surface area contributed by atoms with E-state index in [4.69, 9.17) is 11.1 Å². The van der Waals surface area contributed by atoms with E-state index in [1.54, 1.807) is 0 Å². The topological polar surface area (TPSA) is 90.5 Å². The minimum Gasteiger partial charge on any atom is -0.384 e. The average molecular weight is 441 g/mol. The zero-order chi connectivity index (χ0) is 21.1. The van der Waals surface area contributed by atoms with Crippen molar-refractivity contribution in [1.29, 1.82) is 5.41 Å². The summed E-state index contributed by atoms with van der Waals surface area (Å²) in [6.07, 6.45) is 5.59. The fourth-order valence-electron chi connectivity index (χ4n) is 4.33. The molecule has 3 N–H and O–H groups in total. The van der Waals surface area contributed by atoms with E-state index in [0.29, 0.717) is 24.8 Å². The fraction of sp³-hybridized carbons (Fsp3) is 0.375. The van der Waals surface area contributed by atoms with Gasteiger partial charge in [-0.25, -0.2) is 0 Å². The summed E-state index contributed by atoms with van der Waals surface area (Å²) in [5.74, 6) is 0.363. The van der Waals surface area contributed by atoms with Crippen LogP contribution in [0.4, 0.5) is 11.4 Å². The number of piperidine rings is 1. The van der Waals surface area contributed by atoms with E-state index in [2.05, 4.69) is 6.07 Å². The molecule has 0 bridgehead atoms. The summed E-state index contributed by atoms with van der Waals surface area (Å²) < 4.78 is 0. The molecule has 1 fully saturated rings. The lowest BCUT2D eigenvalue weighted by atomic mass is 9.99. The number of hydrogen-bond donors (Lipinski definition) is 2. The van der Waals surface area contributed by atoms with Crippen molar-refractivity contribution < 1.29 is 9.59 Å². The first kappa shape index (κ1) is 22.8. The van der Waals surface area contributed by atoms with Crippen LogP contribution in [0.2, 0.25) is 0 Å². The number of hydrogen-bond acceptors (Lipinski definition) is 3. The zero-order valence-corrected chi connectivity index (χ0v) is 18.4. The third kappa shape index (κ3) is 5.07. The van der Waals surface area contributed by atoms with Gasteiger partial charge in [0.05, 0.1) is 0 Å².